The zero-order chi connectivity index (χ0) is 29.5. The molecule has 222 valence electrons. The monoisotopic (exact) mass is 607 g/mol. The van der Waals surface area contributed by atoms with E-state index in [0.29, 0.717) is 67.1 Å². The highest BCUT2D eigenvalue weighted by Crippen LogP contribution is 2.57. The average Bonchev–Trinajstić information content (AvgIpc) is 3.66. The van der Waals surface area contributed by atoms with E-state index in [0.717, 1.165) is 29.7 Å². The van der Waals surface area contributed by atoms with Gasteiger partial charge in [-0.15, -0.1) is 23.1 Å². The summed E-state index contributed by atoms with van der Waals surface area (Å²) in [6, 6.07) is 6.40. The summed E-state index contributed by atoms with van der Waals surface area (Å²) in [5.74, 6) is 2.44. The van der Waals surface area contributed by atoms with Crippen molar-refractivity contribution in [3.05, 3.63) is 39.9 Å². The molecule has 5 heterocycles. The molecule has 2 aliphatic heterocycles. The third kappa shape index (κ3) is 4.99. The Balaban J connectivity index is 1.32. The number of rotatable bonds is 10. The summed E-state index contributed by atoms with van der Waals surface area (Å²) in [6.45, 7) is 7.30. The number of hydrogen-bond acceptors (Lipinski definition) is 13. The minimum atomic E-state index is -0.184. The molecular weight excluding hydrogens is 571 g/mol. The van der Waals surface area contributed by atoms with Gasteiger partial charge in [-0.05, 0) is 32.8 Å². The molecule has 0 aromatic carbocycles. The highest BCUT2D eigenvalue weighted by atomic mass is 32.2. The van der Waals surface area contributed by atoms with E-state index < -0.39 is 0 Å². The summed E-state index contributed by atoms with van der Waals surface area (Å²) in [6.07, 6.45) is 6.15. The largest absolute Gasteiger partial charge is 0.463 e. The first-order valence-corrected chi connectivity index (χ1v) is 16.2. The molecule has 0 amide bonds. The van der Waals surface area contributed by atoms with Crippen LogP contribution in [0.3, 0.4) is 0 Å². The Bertz CT molecular complexity index is 1490. The summed E-state index contributed by atoms with van der Waals surface area (Å²) in [5.41, 5.74) is 15.0. The molecule has 42 heavy (non-hydrogen) atoms. The molecule has 1 saturated carbocycles. The number of anilines is 4. The molecule has 3 aliphatic rings. The molecule has 2 fully saturated rings. The van der Waals surface area contributed by atoms with Gasteiger partial charge in [0.1, 0.15) is 16.9 Å². The second-order valence-electron chi connectivity index (χ2n) is 11.5. The number of ether oxygens (including phenoxy) is 2. The molecule has 3 aromatic rings. The highest BCUT2D eigenvalue weighted by Gasteiger charge is 2.53. The van der Waals surface area contributed by atoms with Gasteiger partial charge >= 0.3 is 6.01 Å². The Morgan fingerprint density at radius 3 is 2.67 bits per heavy atom. The molecule has 11 nitrogen and oxygen atoms in total. The molecule has 13 heteroatoms. The van der Waals surface area contributed by atoms with Gasteiger partial charge in [0, 0.05) is 60.1 Å². The van der Waals surface area contributed by atoms with E-state index in [1.165, 1.54) is 29.1 Å². The molecule has 0 bridgehead atoms. The molecule has 0 unspecified atom stereocenters. The van der Waals surface area contributed by atoms with Crippen LogP contribution >= 0.6 is 23.1 Å². The number of fused-ring (bicyclic) bond motifs is 2. The van der Waals surface area contributed by atoms with Crippen LogP contribution in [0.4, 0.5) is 22.7 Å². The predicted octanol–water partition coefficient (Wildman–Crippen LogP) is 4.50. The summed E-state index contributed by atoms with van der Waals surface area (Å²) in [4.78, 5) is 24.3. The lowest BCUT2D eigenvalue weighted by Gasteiger charge is -2.47. The molecule has 1 spiro atoms. The summed E-state index contributed by atoms with van der Waals surface area (Å²) >= 11 is 3.41. The maximum Gasteiger partial charge on any atom is 0.323 e. The Labute approximate surface area is 254 Å². The van der Waals surface area contributed by atoms with E-state index in [2.05, 4.69) is 34.7 Å². The standard InChI is InChI=1S/C29H37N9O2S2/c1-4-38(18(2)19-8-7-11-33-23(19)31)26-34-25(35-27(36-26)40-17-28(16-39-3)9-5-6-10-28)37-14-29(15-37)22-20(12-30)24(32)42-21(22)13-41-29/h7-8,11,18H,4-6,9-10,13-17,32H2,1-3H3,(H2,31,33)/t18-/m1/s1. The van der Waals surface area contributed by atoms with Gasteiger partial charge in [-0.1, -0.05) is 18.9 Å². The topological polar surface area (TPSA) is 152 Å². The molecule has 1 saturated heterocycles. The fraction of sp³-hybridized carbons (Fsp3) is 0.552. The lowest BCUT2D eigenvalue weighted by atomic mass is 9.88. The fourth-order valence-electron chi connectivity index (χ4n) is 6.62. The first-order valence-electron chi connectivity index (χ1n) is 14.4. The Hall–Kier alpha value is -3.34. The number of pyridine rings is 1. The van der Waals surface area contributed by atoms with Crippen LogP contribution < -0.4 is 26.0 Å². The van der Waals surface area contributed by atoms with Gasteiger partial charge in [-0.2, -0.15) is 20.2 Å². The minimum absolute atomic E-state index is 0.0339. The smallest absolute Gasteiger partial charge is 0.323 e. The van der Waals surface area contributed by atoms with E-state index >= 15 is 0 Å². The maximum atomic E-state index is 9.82. The van der Waals surface area contributed by atoms with E-state index in [1.54, 1.807) is 13.3 Å². The highest BCUT2D eigenvalue weighted by molar-refractivity contribution is 8.00. The Morgan fingerprint density at radius 1 is 1.19 bits per heavy atom. The van der Waals surface area contributed by atoms with Crippen LogP contribution in [0.2, 0.25) is 0 Å². The molecule has 3 aromatic heterocycles. The van der Waals surface area contributed by atoms with Gasteiger partial charge in [0.2, 0.25) is 11.9 Å². The second kappa shape index (κ2) is 11.4. The molecule has 6 rings (SSSR count). The van der Waals surface area contributed by atoms with Crippen molar-refractivity contribution in [2.45, 2.75) is 56.1 Å². The number of thiophene rings is 1. The van der Waals surface area contributed by atoms with E-state index in [4.69, 9.17) is 35.9 Å². The van der Waals surface area contributed by atoms with Gasteiger partial charge in [0.05, 0.1) is 29.6 Å². The lowest BCUT2D eigenvalue weighted by Crippen LogP contribution is -2.57. The van der Waals surface area contributed by atoms with Crippen LogP contribution in [0.15, 0.2) is 18.3 Å². The minimum Gasteiger partial charge on any atom is -0.463 e. The van der Waals surface area contributed by atoms with Crippen molar-refractivity contribution in [1.29, 1.82) is 5.26 Å². The second-order valence-corrected chi connectivity index (χ2v) is 14.0. The van der Waals surface area contributed by atoms with Crippen molar-refractivity contribution < 1.29 is 9.47 Å². The normalized spacial score (nSPS) is 18.9. The Kier molecular flexibility index (Phi) is 7.80. The molecule has 0 radical (unpaired) electrons. The first-order chi connectivity index (χ1) is 20.3. The maximum absolute atomic E-state index is 9.82. The SMILES string of the molecule is CCN(c1nc(OCC2(COC)CCCC2)nc(N2CC3(C2)SCc2sc(N)c(C#N)c23)n1)[C@H](C)c1cccnc1N. The van der Waals surface area contributed by atoms with Crippen LogP contribution in [0, 0.1) is 16.7 Å². The van der Waals surface area contributed by atoms with Crippen molar-refractivity contribution in [1.82, 2.24) is 19.9 Å². The van der Waals surface area contributed by atoms with Crippen LogP contribution in [-0.2, 0) is 15.2 Å². The summed E-state index contributed by atoms with van der Waals surface area (Å²) in [7, 11) is 1.74. The van der Waals surface area contributed by atoms with E-state index in [1.807, 2.05) is 23.9 Å². The molecule has 1 atom stereocenters. The Morgan fingerprint density at radius 2 is 1.98 bits per heavy atom. The van der Waals surface area contributed by atoms with Gasteiger partial charge in [0.25, 0.3) is 0 Å². The first kappa shape index (κ1) is 28.8. The molecule has 1 aliphatic carbocycles. The van der Waals surface area contributed by atoms with Gasteiger partial charge < -0.3 is 30.7 Å². The third-order valence-electron chi connectivity index (χ3n) is 8.83. The predicted molar refractivity (Wildman–Crippen MR) is 167 cm³/mol. The van der Waals surface area contributed by atoms with Crippen LogP contribution in [-0.4, -0.2) is 59.9 Å². The number of thioether (sulfide) groups is 1. The number of nitrogens with zero attached hydrogens (tertiary/aromatic N) is 7. The van der Waals surface area contributed by atoms with Crippen molar-refractivity contribution in [3.63, 3.8) is 0 Å². The number of hydrogen-bond donors (Lipinski definition) is 2. The van der Waals surface area contributed by atoms with Crippen LogP contribution in [0.25, 0.3) is 0 Å². The zero-order valence-corrected chi connectivity index (χ0v) is 25.9. The summed E-state index contributed by atoms with van der Waals surface area (Å²) in [5, 5.41) is 10.4. The zero-order valence-electron chi connectivity index (χ0n) is 24.3. The average molecular weight is 608 g/mol. The lowest BCUT2D eigenvalue weighted by molar-refractivity contribution is 0.0399. The number of methoxy groups -OCH3 is 1. The number of aromatic nitrogens is 4. The van der Waals surface area contributed by atoms with Crippen LogP contribution in [0.1, 0.15) is 67.1 Å². The van der Waals surface area contributed by atoms with E-state index in [-0.39, 0.29) is 16.2 Å². The van der Waals surface area contributed by atoms with Crippen molar-refractivity contribution in [3.8, 4) is 12.1 Å². The van der Waals surface area contributed by atoms with Gasteiger partial charge in [-0.25, -0.2) is 4.98 Å². The molecular formula is C29H37N9O2S2. The molecule has 4 N–H and O–H groups in total. The third-order valence-corrected chi connectivity index (χ3v) is 11.5. The van der Waals surface area contributed by atoms with Crippen LogP contribution in [0.5, 0.6) is 6.01 Å². The van der Waals surface area contributed by atoms with Gasteiger partial charge in [0.15, 0.2) is 0 Å². The summed E-state index contributed by atoms with van der Waals surface area (Å²) < 4.78 is 11.8. The van der Waals surface area contributed by atoms with Gasteiger partial charge in [-0.3, -0.25) is 0 Å². The number of nitrogen functional groups attached to an aromatic ring is 2. The van der Waals surface area contributed by atoms with Crippen molar-refractivity contribution in [2.75, 3.05) is 61.2 Å². The quantitative estimate of drug-likeness (QED) is 0.334. The van der Waals surface area contributed by atoms with Crippen molar-refractivity contribution in [2.24, 2.45) is 5.41 Å². The van der Waals surface area contributed by atoms with Crippen molar-refractivity contribution >= 4 is 45.8 Å². The van der Waals surface area contributed by atoms with E-state index in [9.17, 15) is 5.26 Å². The fourth-order valence-corrected chi connectivity index (χ4v) is 9.43. The number of nitriles is 1. The number of nitrogens with two attached hydrogens (primary N) is 2.